The lowest BCUT2D eigenvalue weighted by molar-refractivity contribution is -0.137. The molecule has 0 fully saturated rings. The summed E-state index contributed by atoms with van der Waals surface area (Å²) in [7, 11) is 0. The van der Waals surface area contributed by atoms with E-state index in [2.05, 4.69) is 10.3 Å². The van der Waals surface area contributed by atoms with E-state index < -0.39 is 23.7 Å². The second-order valence-electron chi connectivity index (χ2n) is 5.98. The van der Waals surface area contributed by atoms with Gasteiger partial charge in [-0.25, -0.2) is 4.98 Å². The van der Waals surface area contributed by atoms with Crippen molar-refractivity contribution in [2.45, 2.75) is 32.5 Å². The third-order valence-corrected chi connectivity index (χ3v) is 4.58. The van der Waals surface area contributed by atoms with Crippen molar-refractivity contribution in [2.24, 2.45) is 11.7 Å². The van der Waals surface area contributed by atoms with E-state index in [1.807, 2.05) is 13.8 Å². The molecular weight excluding hydrogens is 351 g/mol. The number of thiazole rings is 1. The summed E-state index contributed by atoms with van der Waals surface area (Å²) in [5.74, 6) is -0.495. The standard InChI is InChI=1S/C17H20F3N3OS/c1-10(2)15(11-4-3-5-12(8-11)17(18,19)20)23-16(24)13-9-25-14(22-13)6-7-21/h3-5,8-10,15H,6-7,21H2,1-2H3,(H,23,24). The number of benzene rings is 1. The molecule has 136 valence electrons. The maximum atomic E-state index is 12.9. The summed E-state index contributed by atoms with van der Waals surface area (Å²) in [5, 5.41) is 5.18. The van der Waals surface area contributed by atoms with Crippen LogP contribution in [-0.2, 0) is 12.6 Å². The molecule has 0 saturated carbocycles. The topological polar surface area (TPSA) is 68.0 Å². The molecule has 1 amide bonds. The Balaban J connectivity index is 2.22. The number of nitrogens with two attached hydrogens (primary N) is 1. The molecule has 8 heteroatoms. The molecule has 0 radical (unpaired) electrons. The fourth-order valence-electron chi connectivity index (χ4n) is 2.41. The van der Waals surface area contributed by atoms with Gasteiger partial charge in [0, 0.05) is 11.8 Å². The fourth-order valence-corrected chi connectivity index (χ4v) is 3.21. The van der Waals surface area contributed by atoms with Gasteiger partial charge in [-0.2, -0.15) is 13.2 Å². The molecule has 1 atom stereocenters. The molecule has 0 aliphatic heterocycles. The van der Waals surface area contributed by atoms with Crippen LogP contribution in [0.15, 0.2) is 29.6 Å². The quantitative estimate of drug-likeness (QED) is 0.812. The zero-order chi connectivity index (χ0) is 18.6. The molecule has 1 aromatic carbocycles. The Morgan fingerprint density at radius 2 is 2.08 bits per heavy atom. The highest BCUT2D eigenvalue weighted by molar-refractivity contribution is 7.09. The first-order valence-corrected chi connectivity index (χ1v) is 8.72. The number of amides is 1. The van der Waals surface area contributed by atoms with Crippen LogP contribution in [0.4, 0.5) is 13.2 Å². The van der Waals surface area contributed by atoms with Crippen molar-refractivity contribution < 1.29 is 18.0 Å². The van der Waals surface area contributed by atoms with Crippen LogP contribution in [0.3, 0.4) is 0 Å². The first-order chi connectivity index (χ1) is 11.7. The maximum absolute atomic E-state index is 12.9. The first kappa shape index (κ1) is 19.4. The van der Waals surface area contributed by atoms with Crippen LogP contribution < -0.4 is 11.1 Å². The molecule has 4 nitrogen and oxygen atoms in total. The lowest BCUT2D eigenvalue weighted by atomic mass is 9.94. The van der Waals surface area contributed by atoms with E-state index in [0.717, 1.165) is 17.1 Å². The predicted octanol–water partition coefficient (Wildman–Crippen LogP) is 3.79. The van der Waals surface area contributed by atoms with Gasteiger partial charge in [-0.1, -0.05) is 26.0 Å². The Kier molecular flexibility index (Phi) is 6.18. The van der Waals surface area contributed by atoms with Gasteiger partial charge in [-0.15, -0.1) is 11.3 Å². The summed E-state index contributed by atoms with van der Waals surface area (Å²) in [6.45, 7) is 4.12. The fraction of sp³-hybridized carbons (Fsp3) is 0.412. The number of hydrogen-bond donors (Lipinski definition) is 2. The van der Waals surface area contributed by atoms with E-state index in [-0.39, 0.29) is 11.6 Å². The van der Waals surface area contributed by atoms with Gasteiger partial charge in [0.2, 0.25) is 0 Å². The monoisotopic (exact) mass is 371 g/mol. The second kappa shape index (κ2) is 7.97. The minimum Gasteiger partial charge on any atom is -0.344 e. The van der Waals surface area contributed by atoms with Crippen molar-refractivity contribution in [3.63, 3.8) is 0 Å². The van der Waals surface area contributed by atoms with Gasteiger partial charge in [0.05, 0.1) is 16.6 Å². The van der Waals surface area contributed by atoms with Crippen molar-refractivity contribution in [2.75, 3.05) is 6.54 Å². The Labute approximate surface area is 148 Å². The molecule has 0 aliphatic carbocycles. The first-order valence-electron chi connectivity index (χ1n) is 7.85. The van der Waals surface area contributed by atoms with Crippen molar-refractivity contribution in [1.82, 2.24) is 10.3 Å². The van der Waals surface area contributed by atoms with Gasteiger partial charge in [-0.3, -0.25) is 4.79 Å². The van der Waals surface area contributed by atoms with Crippen LogP contribution >= 0.6 is 11.3 Å². The summed E-state index contributed by atoms with van der Waals surface area (Å²) >= 11 is 1.34. The molecule has 1 heterocycles. The summed E-state index contributed by atoms with van der Waals surface area (Å²) < 4.78 is 38.8. The summed E-state index contributed by atoms with van der Waals surface area (Å²) in [6.07, 6.45) is -3.84. The number of halogens is 3. The normalized spacial score (nSPS) is 13.1. The Morgan fingerprint density at radius 3 is 2.68 bits per heavy atom. The minimum atomic E-state index is -4.42. The molecule has 0 saturated heterocycles. The van der Waals surface area contributed by atoms with Crippen LogP contribution in [0.25, 0.3) is 0 Å². The SMILES string of the molecule is CC(C)C(NC(=O)c1csc(CCN)n1)c1cccc(C(F)(F)F)c1. The number of rotatable bonds is 6. The van der Waals surface area contributed by atoms with Gasteiger partial charge >= 0.3 is 6.18 Å². The highest BCUT2D eigenvalue weighted by atomic mass is 32.1. The predicted molar refractivity (Wildman–Crippen MR) is 91.4 cm³/mol. The van der Waals surface area contributed by atoms with Gasteiger partial charge in [0.25, 0.3) is 5.91 Å². The van der Waals surface area contributed by atoms with Crippen molar-refractivity contribution in [1.29, 1.82) is 0 Å². The average molecular weight is 371 g/mol. The molecule has 25 heavy (non-hydrogen) atoms. The minimum absolute atomic E-state index is 0.0884. The lowest BCUT2D eigenvalue weighted by Gasteiger charge is -2.23. The number of nitrogens with zero attached hydrogens (tertiary/aromatic N) is 1. The van der Waals surface area contributed by atoms with E-state index in [9.17, 15) is 18.0 Å². The third kappa shape index (κ3) is 5.02. The number of carbonyl (C=O) groups excluding carboxylic acids is 1. The molecule has 2 aromatic rings. The largest absolute Gasteiger partial charge is 0.416 e. The molecule has 0 aliphatic rings. The lowest BCUT2D eigenvalue weighted by Crippen LogP contribution is -2.32. The van der Waals surface area contributed by atoms with E-state index in [1.165, 1.54) is 17.4 Å². The van der Waals surface area contributed by atoms with Crippen molar-refractivity contribution >= 4 is 17.2 Å². The van der Waals surface area contributed by atoms with Gasteiger partial charge in [-0.05, 0) is 30.2 Å². The van der Waals surface area contributed by atoms with Crippen LogP contribution in [0.2, 0.25) is 0 Å². The Morgan fingerprint density at radius 1 is 1.36 bits per heavy atom. The van der Waals surface area contributed by atoms with Crippen molar-refractivity contribution in [3.05, 3.63) is 51.5 Å². The molecule has 1 unspecified atom stereocenters. The van der Waals surface area contributed by atoms with Crippen LogP contribution in [0.1, 0.15) is 46.5 Å². The number of alkyl halides is 3. The number of hydrogen-bond acceptors (Lipinski definition) is 4. The van der Waals surface area contributed by atoms with Gasteiger partial charge < -0.3 is 11.1 Å². The van der Waals surface area contributed by atoms with E-state index >= 15 is 0 Å². The Bertz CT molecular complexity index is 728. The molecule has 2 rings (SSSR count). The van der Waals surface area contributed by atoms with Crippen molar-refractivity contribution in [3.8, 4) is 0 Å². The van der Waals surface area contributed by atoms with Crippen LogP contribution in [-0.4, -0.2) is 17.4 Å². The number of nitrogens with one attached hydrogen (secondary N) is 1. The number of carbonyl (C=O) groups is 1. The summed E-state index contributed by atoms with van der Waals surface area (Å²) in [5.41, 5.74) is 5.40. The maximum Gasteiger partial charge on any atom is 0.416 e. The molecule has 3 N–H and O–H groups in total. The second-order valence-corrected chi connectivity index (χ2v) is 6.93. The third-order valence-electron chi connectivity index (χ3n) is 3.67. The van der Waals surface area contributed by atoms with E-state index in [0.29, 0.717) is 18.5 Å². The van der Waals surface area contributed by atoms with E-state index in [4.69, 9.17) is 5.73 Å². The smallest absolute Gasteiger partial charge is 0.344 e. The molecule has 1 aromatic heterocycles. The highest BCUT2D eigenvalue weighted by Gasteiger charge is 2.31. The molecule has 0 bridgehead atoms. The Hall–Kier alpha value is -1.93. The van der Waals surface area contributed by atoms with Gasteiger partial charge in [0.1, 0.15) is 5.69 Å². The van der Waals surface area contributed by atoms with Crippen LogP contribution in [0.5, 0.6) is 0 Å². The molecular formula is C17H20F3N3OS. The van der Waals surface area contributed by atoms with E-state index in [1.54, 1.807) is 11.4 Å². The zero-order valence-corrected chi connectivity index (χ0v) is 14.7. The number of aromatic nitrogens is 1. The summed E-state index contributed by atoms with van der Waals surface area (Å²) in [4.78, 5) is 16.6. The van der Waals surface area contributed by atoms with Gasteiger partial charge in [0.15, 0.2) is 0 Å². The summed E-state index contributed by atoms with van der Waals surface area (Å²) in [6, 6.07) is 4.48. The zero-order valence-electron chi connectivity index (χ0n) is 13.9. The average Bonchev–Trinajstić information content (AvgIpc) is 3.00. The van der Waals surface area contributed by atoms with Crippen LogP contribution in [0, 0.1) is 5.92 Å². The molecule has 0 spiro atoms. The highest BCUT2D eigenvalue weighted by Crippen LogP contribution is 2.32.